The number of nitrogens with one attached hydrogen (secondary N) is 2. The number of hydrogen-bond donors (Lipinski definition) is 2. The smallest absolute Gasteiger partial charge is 0.269 e. The van der Waals surface area contributed by atoms with Crippen LogP contribution in [-0.4, -0.2) is 22.9 Å². The van der Waals surface area contributed by atoms with Crippen LogP contribution >= 0.6 is 11.3 Å². The van der Waals surface area contributed by atoms with Gasteiger partial charge in [0.2, 0.25) is 0 Å². The average Bonchev–Trinajstić information content (AvgIpc) is 2.92. The summed E-state index contributed by atoms with van der Waals surface area (Å²) in [5.74, 6) is -0.189. The first-order valence-electron chi connectivity index (χ1n) is 6.08. The normalized spacial score (nSPS) is 10.2. The third-order valence-corrected chi connectivity index (χ3v) is 3.75. The van der Waals surface area contributed by atoms with Crippen LogP contribution in [0.1, 0.15) is 27.3 Å². The summed E-state index contributed by atoms with van der Waals surface area (Å²) in [6.45, 7) is 2.77. The highest BCUT2D eigenvalue weighted by Gasteiger charge is 2.06. The van der Waals surface area contributed by atoms with E-state index in [0.29, 0.717) is 12.2 Å². The SMILES string of the molecule is CCc1cnc(CNc2ccnc(C(=O)NC)c2)s1. The number of pyridine rings is 1. The van der Waals surface area contributed by atoms with E-state index in [4.69, 9.17) is 0 Å². The zero-order chi connectivity index (χ0) is 13.7. The quantitative estimate of drug-likeness (QED) is 0.877. The lowest BCUT2D eigenvalue weighted by atomic mass is 10.3. The van der Waals surface area contributed by atoms with Gasteiger partial charge in [-0.1, -0.05) is 6.92 Å². The fraction of sp³-hybridized carbons (Fsp3) is 0.308. The standard InChI is InChI=1S/C13H16N4OS/c1-3-10-7-17-12(19-10)8-16-9-4-5-15-11(6-9)13(18)14-2/h4-7H,3,8H2,1-2H3,(H,14,18)(H,15,16). The molecule has 2 heterocycles. The molecule has 100 valence electrons. The number of rotatable bonds is 5. The molecule has 6 heteroatoms. The first-order chi connectivity index (χ1) is 9.22. The largest absolute Gasteiger partial charge is 0.378 e. The van der Waals surface area contributed by atoms with Crippen molar-refractivity contribution in [3.8, 4) is 0 Å². The predicted molar refractivity (Wildman–Crippen MR) is 76.4 cm³/mol. The zero-order valence-corrected chi connectivity index (χ0v) is 11.8. The maximum Gasteiger partial charge on any atom is 0.269 e. The summed E-state index contributed by atoms with van der Waals surface area (Å²) < 4.78 is 0. The molecular formula is C13H16N4OS. The number of aromatic nitrogens is 2. The Hall–Kier alpha value is -1.95. The van der Waals surface area contributed by atoms with Crippen molar-refractivity contribution in [1.82, 2.24) is 15.3 Å². The number of carbonyl (C=O) groups is 1. The number of hydrogen-bond acceptors (Lipinski definition) is 5. The van der Waals surface area contributed by atoms with Crippen molar-refractivity contribution < 1.29 is 4.79 Å². The molecule has 2 aromatic heterocycles. The van der Waals surface area contributed by atoms with Gasteiger partial charge in [-0.3, -0.25) is 9.78 Å². The molecule has 0 saturated heterocycles. The van der Waals surface area contributed by atoms with Crippen LogP contribution < -0.4 is 10.6 Å². The van der Waals surface area contributed by atoms with Crippen molar-refractivity contribution in [3.63, 3.8) is 0 Å². The summed E-state index contributed by atoms with van der Waals surface area (Å²) in [5, 5.41) is 6.84. The Morgan fingerprint density at radius 3 is 2.95 bits per heavy atom. The van der Waals surface area contributed by atoms with Gasteiger partial charge in [-0.2, -0.15) is 0 Å². The topological polar surface area (TPSA) is 66.9 Å². The maximum atomic E-state index is 11.5. The van der Waals surface area contributed by atoms with Crippen molar-refractivity contribution in [1.29, 1.82) is 0 Å². The molecule has 0 aromatic carbocycles. The van der Waals surface area contributed by atoms with Crippen LogP contribution in [0.2, 0.25) is 0 Å². The van der Waals surface area contributed by atoms with E-state index in [1.807, 2.05) is 12.3 Å². The van der Waals surface area contributed by atoms with E-state index in [1.54, 1.807) is 30.6 Å². The van der Waals surface area contributed by atoms with Crippen LogP contribution in [-0.2, 0) is 13.0 Å². The Labute approximate surface area is 116 Å². The van der Waals surface area contributed by atoms with Gasteiger partial charge in [0, 0.05) is 30.0 Å². The van der Waals surface area contributed by atoms with Crippen molar-refractivity contribution in [2.24, 2.45) is 0 Å². The first kappa shape index (κ1) is 13.5. The molecule has 0 spiro atoms. The van der Waals surface area contributed by atoms with Gasteiger partial charge in [0.15, 0.2) is 0 Å². The molecule has 0 unspecified atom stereocenters. The molecule has 0 saturated carbocycles. The van der Waals surface area contributed by atoms with Crippen molar-refractivity contribution in [2.75, 3.05) is 12.4 Å². The highest BCUT2D eigenvalue weighted by molar-refractivity contribution is 7.11. The second-order valence-electron chi connectivity index (χ2n) is 3.94. The van der Waals surface area contributed by atoms with E-state index in [-0.39, 0.29) is 5.91 Å². The molecule has 19 heavy (non-hydrogen) atoms. The monoisotopic (exact) mass is 276 g/mol. The number of thiazole rings is 1. The Kier molecular flexibility index (Phi) is 4.46. The second kappa shape index (κ2) is 6.29. The molecule has 2 N–H and O–H groups in total. The second-order valence-corrected chi connectivity index (χ2v) is 5.14. The van der Waals surface area contributed by atoms with E-state index < -0.39 is 0 Å². The van der Waals surface area contributed by atoms with Crippen LogP contribution in [0.15, 0.2) is 24.5 Å². The Bertz CT molecular complexity index is 567. The Morgan fingerprint density at radius 1 is 1.42 bits per heavy atom. The molecule has 0 aliphatic heterocycles. The molecule has 5 nitrogen and oxygen atoms in total. The van der Waals surface area contributed by atoms with Crippen LogP contribution in [0, 0.1) is 0 Å². The Balaban J connectivity index is 2.01. The summed E-state index contributed by atoms with van der Waals surface area (Å²) in [7, 11) is 1.59. The van der Waals surface area contributed by atoms with Gasteiger partial charge < -0.3 is 10.6 Å². The predicted octanol–water partition coefficient (Wildman–Crippen LogP) is 2.07. The number of aryl methyl sites for hydroxylation is 1. The van der Waals surface area contributed by atoms with Gasteiger partial charge in [-0.25, -0.2) is 4.98 Å². The highest BCUT2D eigenvalue weighted by Crippen LogP contribution is 2.15. The molecule has 0 atom stereocenters. The van der Waals surface area contributed by atoms with E-state index in [0.717, 1.165) is 17.1 Å². The van der Waals surface area contributed by atoms with Gasteiger partial charge in [-0.05, 0) is 18.6 Å². The molecular weight excluding hydrogens is 260 g/mol. The lowest BCUT2D eigenvalue weighted by Gasteiger charge is -2.05. The number of anilines is 1. The van der Waals surface area contributed by atoms with Crippen LogP contribution in [0.4, 0.5) is 5.69 Å². The first-order valence-corrected chi connectivity index (χ1v) is 6.90. The molecule has 2 rings (SSSR count). The maximum absolute atomic E-state index is 11.5. The number of amides is 1. The molecule has 0 bridgehead atoms. The summed E-state index contributed by atoms with van der Waals surface area (Å²) in [6, 6.07) is 3.56. The molecule has 1 amide bonds. The Morgan fingerprint density at radius 2 is 2.26 bits per heavy atom. The van der Waals surface area contributed by atoms with E-state index in [1.165, 1.54) is 4.88 Å². The summed E-state index contributed by atoms with van der Waals surface area (Å²) >= 11 is 1.70. The van der Waals surface area contributed by atoms with E-state index in [2.05, 4.69) is 27.5 Å². The minimum absolute atomic E-state index is 0.189. The highest BCUT2D eigenvalue weighted by atomic mass is 32.1. The summed E-state index contributed by atoms with van der Waals surface area (Å²) in [6.07, 6.45) is 4.53. The molecule has 2 aromatic rings. The molecule has 0 fully saturated rings. The minimum Gasteiger partial charge on any atom is -0.378 e. The number of nitrogens with zero attached hydrogens (tertiary/aromatic N) is 2. The van der Waals surface area contributed by atoms with Crippen molar-refractivity contribution in [3.05, 3.63) is 40.1 Å². The summed E-state index contributed by atoms with van der Waals surface area (Å²) in [4.78, 5) is 21.1. The fourth-order valence-corrected chi connectivity index (χ4v) is 2.37. The van der Waals surface area contributed by atoms with Gasteiger partial charge in [0.25, 0.3) is 5.91 Å². The third kappa shape index (κ3) is 3.51. The third-order valence-electron chi connectivity index (χ3n) is 2.61. The van der Waals surface area contributed by atoms with Crippen LogP contribution in [0.5, 0.6) is 0 Å². The van der Waals surface area contributed by atoms with E-state index in [9.17, 15) is 4.79 Å². The summed E-state index contributed by atoms with van der Waals surface area (Å²) in [5.41, 5.74) is 1.27. The minimum atomic E-state index is -0.189. The molecule has 0 aliphatic carbocycles. The van der Waals surface area contributed by atoms with Gasteiger partial charge in [0.1, 0.15) is 10.7 Å². The van der Waals surface area contributed by atoms with Crippen LogP contribution in [0.25, 0.3) is 0 Å². The van der Waals surface area contributed by atoms with Gasteiger partial charge in [0.05, 0.1) is 6.54 Å². The lowest BCUT2D eigenvalue weighted by Crippen LogP contribution is -2.19. The fourth-order valence-electron chi connectivity index (χ4n) is 1.56. The van der Waals surface area contributed by atoms with Crippen LogP contribution in [0.3, 0.4) is 0 Å². The van der Waals surface area contributed by atoms with Gasteiger partial charge >= 0.3 is 0 Å². The molecule has 0 aliphatic rings. The van der Waals surface area contributed by atoms with Crippen molar-refractivity contribution >= 4 is 22.9 Å². The lowest BCUT2D eigenvalue weighted by molar-refractivity contribution is 0.0958. The molecule has 0 radical (unpaired) electrons. The zero-order valence-electron chi connectivity index (χ0n) is 10.9. The van der Waals surface area contributed by atoms with Gasteiger partial charge in [-0.15, -0.1) is 11.3 Å². The average molecular weight is 276 g/mol. The van der Waals surface area contributed by atoms with Crippen molar-refractivity contribution in [2.45, 2.75) is 19.9 Å². The number of carbonyl (C=O) groups excluding carboxylic acids is 1. The van der Waals surface area contributed by atoms with E-state index >= 15 is 0 Å².